The molecule has 0 fully saturated rings. The lowest BCUT2D eigenvalue weighted by Crippen LogP contribution is -2.16. The van der Waals surface area contributed by atoms with Crippen LogP contribution in [0.1, 0.15) is 18.1 Å². The molecule has 23 heavy (non-hydrogen) atoms. The van der Waals surface area contributed by atoms with Crippen LogP contribution in [0.15, 0.2) is 73.3 Å². The van der Waals surface area contributed by atoms with E-state index in [1.807, 2.05) is 60.7 Å². The standard InChI is InChI=1S/C20H21NO2/c1-3-23-20(22)14-19(18-12-8-5-9-13-18)21-15-16(2)17-10-6-4-7-11-17/h4-14,21H,2-3,15H2,1H3/b19-14-. The highest BCUT2D eigenvalue weighted by Gasteiger charge is 2.06. The molecule has 0 heterocycles. The lowest BCUT2D eigenvalue weighted by atomic mass is 10.1. The third-order valence-electron chi connectivity index (χ3n) is 3.31. The first-order valence-corrected chi connectivity index (χ1v) is 7.61. The Labute approximate surface area is 137 Å². The monoisotopic (exact) mass is 307 g/mol. The second-order valence-corrected chi connectivity index (χ2v) is 5.00. The van der Waals surface area contributed by atoms with Crippen molar-refractivity contribution in [3.05, 3.63) is 84.4 Å². The first kappa shape index (κ1) is 16.6. The highest BCUT2D eigenvalue weighted by Crippen LogP contribution is 2.15. The number of hydrogen-bond donors (Lipinski definition) is 1. The topological polar surface area (TPSA) is 38.3 Å². The van der Waals surface area contributed by atoms with Crippen molar-refractivity contribution in [2.75, 3.05) is 13.2 Å². The molecule has 0 bridgehead atoms. The van der Waals surface area contributed by atoms with Crippen molar-refractivity contribution in [1.29, 1.82) is 0 Å². The summed E-state index contributed by atoms with van der Waals surface area (Å²) in [5.74, 6) is -0.357. The summed E-state index contributed by atoms with van der Waals surface area (Å²) in [6, 6.07) is 19.7. The van der Waals surface area contributed by atoms with Gasteiger partial charge in [0.05, 0.1) is 6.61 Å². The van der Waals surface area contributed by atoms with Crippen LogP contribution in [0, 0.1) is 0 Å². The molecule has 2 aromatic rings. The number of carbonyl (C=O) groups is 1. The SMILES string of the molecule is C=C(CN/C(=C\C(=O)OCC)c1ccccc1)c1ccccc1. The number of benzene rings is 2. The van der Waals surface area contributed by atoms with E-state index in [1.165, 1.54) is 6.08 Å². The van der Waals surface area contributed by atoms with Gasteiger partial charge in [-0.1, -0.05) is 67.2 Å². The van der Waals surface area contributed by atoms with E-state index in [9.17, 15) is 4.79 Å². The van der Waals surface area contributed by atoms with Crippen LogP contribution in [0.2, 0.25) is 0 Å². The Morgan fingerprint density at radius 1 is 1.04 bits per heavy atom. The zero-order valence-corrected chi connectivity index (χ0v) is 13.3. The van der Waals surface area contributed by atoms with E-state index in [0.29, 0.717) is 13.2 Å². The lowest BCUT2D eigenvalue weighted by Gasteiger charge is -2.13. The van der Waals surface area contributed by atoms with Crippen molar-refractivity contribution in [3.63, 3.8) is 0 Å². The average molecular weight is 307 g/mol. The molecule has 3 heteroatoms. The van der Waals surface area contributed by atoms with Gasteiger partial charge in [0.2, 0.25) is 0 Å². The van der Waals surface area contributed by atoms with Gasteiger partial charge in [0.25, 0.3) is 0 Å². The van der Waals surface area contributed by atoms with Gasteiger partial charge in [-0.15, -0.1) is 0 Å². The number of hydrogen-bond acceptors (Lipinski definition) is 3. The first-order chi connectivity index (χ1) is 11.2. The predicted molar refractivity (Wildman–Crippen MR) is 94.5 cm³/mol. The van der Waals surface area contributed by atoms with Gasteiger partial charge in [-0.25, -0.2) is 4.79 Å². The molecule has 0 spiro atoms. The highest BCUT2D eigenvalue weighted by atomic mass is 16.5. The second kappa shape index (κ2) is 8.59. The molecule has 0 atom stereocenters. The van der Waals surface area contributed by atoms with E-state index in [1.54, 1.807) is 6.92 Å². The smallest absolute Gasteiger partial charge is 0.332 e. The van der Waals surface area contributed by atoms with Crippen LogP contribution in [0.3, 0.4) is 0 Å². The first-order valence-electron chi connectivity index (χ1n) is 7.61. The molecule has 0 saturated heterocycles. The van der Waals surface area contributed by atoms with Crippen LogP contribution in [0.25, 0.3) is 11.3 Å². The fourth-order valence-corrected chi connectivity index (χ4v) is 2.13. The summed E-state index contributed by atoms with van der Waals surface area (Å²) in [7, 11) is 0. The molecular formula is C20H21NO2. The molecule has 118 valence electrons. The third kappa shape index (κ3) is 5.15. The number of ether oxygens (including phenoxy) is 1. The van der Waals surface area contributed by atoms with Gasteiger partial charge < -0.3 is 10.1 Å². The van der Waals surface area contributed by atoms with E-state index in [0.717, 1.165) is 22.4 Å². The van der Waals surface area contributed by atoms with Crippen molar-refractivity contribution in [3.8, 4) is 0 Å². The number of esters is 1. The molecule has 0 radical (unpaired) electrons. The Morgan fingerprint density at radius 3 is 2.17 bits per heavy atom. The molecule has 0 saturated carbocycles. The molecule has 0 amide bonds. The molecule has 0 aliphatic heterocycles. The average Bonchev–Trinajstić information content (AvgIpc) is 2.60. The summed E-state index contributed by atoms with van der Waals surface area (Å²) in [6.07, 6.45) is 1.48. The number of carbonyl (C=O) groups excluding carboxylic acids is 1. The van der Waals surface area contributed by atoms with Crippen LogP contribution in [0.4, 0.5) is 0 Å². The van der Waals surface area contributed by atoms with E-state index < -0.39 is 0 Å². The molecule has 3 nitrogen and oxygen atoms in total. The Kier molecular flexibility index (Phi) is 6.18. The zero-order valence-electron chi connectivity index (χ0n) is 13.3. The van der Waals surface area contributed by atoms with Gasteiger partial charge >= 0.3 is 5.97 Å². The highest BCUT2D eigenvalue weighted by molar-refractivity contribution is 5.91. The number of rotatable bonds is 7. The zero-order chi connectivity index (χ0) is 16.5. The van der Waals surface area contributed by atoms with Crippen molar-refractivity contribution in [2.45, 2.75) is 6.92 Å². The van der Waals surface area contributed by atoms with E-state index in [2.05, 4.69) is 11.9 Å². The van der Waals surface area contributed by atoms with Crippen molar-refractivity contribution < 1.29 is 9.53 Å². The summed E-state index contributed by atoms with van der Waals surface area (Å²) in [4.78, 5) is 11.8. The van der Waals surface area contributed by atoms with Crippen molar-refractivity contribution in [2.24, 2.45) is 0 Å². The number of nitrogens with one attached hydrogen (secondary N) is 1. The maximum absolute atomic E-state index is 11.8. The Morgan fingerprint density at radius 2 is 1.61 bits per heavy atom. The van der Waals surface area contributed by atoms with Crippen LogP contribution >= 0.6 is 0 Å². The summed E-state index contributed by atoms with van der Waals surface area (Å²) in [5.41, 5.74) is 3.68. The minimum atomic E-state index is -0.357. The normalized spacial score (nSPS) is 10.9. The fraction of sp³-hybridized carbons (Fsp3) is 0.150. The lowest BCUT2D eigenvalue weighted by molar-refractivity contribution is -0.137. The third-order valence-corrected chi connectivity index (χ3v) is 3.31. The van der Waals surface area contributed by atoms with Gasteiger partial charge in [-0.05, 0) is 23.6 Å². The molecule has 2 aromatic carbocycles. The second-order valence-electron chi connectivity index (χ2n) is 5.00. The van der Waals surface area contributed by atoms with Crippen LogP contribution < -0.4 is 5.32 Å². The summed E-state index contributed by atoms with van der Waals surface area (Å²) >= 11 is 0. The maximum atomic E-state index is 11.8. The van der Waals surface area contributed by atoms with E-state index in [4.69, 9.17) is 4.74 Å². The summed E-state index contributed by atoms with van der Waals surface area (Å²) in [5, 5.41) is 3.28. The Hall–Kier alpha value is -2.81. The summed E-state index contributed by atoms with van der Waals surface area (Å²) < 4.78 is 5.01. The molecule has 1 N–H and O–H groups in total. The minimum absolute atomic E-state index is 0.355. The van der Waals surface area contributed by atoms with Gasteiger partial charge in [-0.2, -0.15) is 0 Å². The molecular weight excluding hydrogens is 286 g/mol. The van der Waals surface area contributed by atoms with E-state index in [-0.39, 0.29) is 5.97 Å². The fourth-order valence-electron chi connectivity index (χ4n) is 2.13. The van der Waals surface area contributed by atoms with Gasteiger partial charge in [0.1, 0.15) is 0 Å². The minimum Gasteiger partial charge on any atom is -0.463 e. The molecule has 0 aliphatic rings. The van der Waals surface area contributed by atoms with Gasteiger partial charge in [0.15, 0.2) is 0 Å². The molecule has 0 aliphatic carbocycles. The predicted octanol–water partition coefficient (Wildman–Crippen LogP) is 3.89. The molecule has 0 unspecified atom stereocenters. The van der Waals surface area contributed by atoms with Crippen LogP contribution in [0.5, 0.6) is 0 Å². The van der Waals surface area contributed by atoms with Crippen molar-refractivity contribution >= 4 is 17.2 Å². The Balaban J connectivity index is 2.12. The van der Waals surface area contributed by atoms with Gasteiger partial charge in [-0.3, -0.25) is 0 Å². The molecule has 2 rings (SSSR count). The van der Waals surface area contributed by atoms with Crippen molar-refractivity contribution in [1.82, 2.24) is 5.32 Å². The largest absolute Gasteiger partial charge is 0.463 e. The van der Waals surface area contributed by atoms with Crippen LogP contribution in [-0.2, 0) is 9.53 Å². The van der Waals surface area contributed by atoms with Crippen LogP contribution in [-0.4, -0.2) is 19.1 Å². The summed E-state index contributed by atoms with van der Waals surface area (Å²) in [6.45, 7) is 6.79. The maximum Gasteiger partial charge on any atom is 0.332 e. The quantitative estimate of drug-likeness (QED) is 0.623. The Bertz CT molecular complexity index is 675. The van der Waals surface area contributed by atoms with E-state index >= 15 is 0 Å². The molecule has 0 aromatic heterocycles. The van der Waals surface area contributed by atoms with Gasteiger partial charge in [0, 0.05) is 18.3 Å².